The van der Waals surface area contributed by atoms with Gasteiger partial charge in [-0.05, 0) is 30.7 Å². The van der Waals surface area contributed by atoms with Gasteiger partial charge < -0.3 is 10.1 Å². The number of hydrogen-bond acceptors (Lipinski definition) is 7. The first-order valence-electron chi connectivity index (χ1n) is 10.5. The van der Waals surface area contributed by atoms with E-state index in [9.17, 15) is 4.79 Å². The van der Waals surface area contributed by atoms with Crippen LogP contribution in [0.2, 0.25) is 0 Å². The van der Waals surface area contributed by atoms with Crippen molar-refractivity contribution >= 4 is 50.1 Å². The van der Waals surface area contributed by atoms with Crippen molar-refractivity contribution in [3.63, 3.8) is 0 Å². The molecule has 0 bridgehead atoms. The highest BCUT2D eigenvalue weighted by atomic mass is 79.9. The number of aromatic nitrogens is 3. The van der Waals surface area contributed by atoms with Gasteiger partial charge in [0.25, 0.3) is 5.91 Å². The molecule has 1 aliphatic heterocycles. The number of amides is 1. The van der Waals surface area contributed by atoms with E-state index in [-0.39, 0.29) is 5.91 Å². The average molecular weight is 497 g/mol. The second-order valence-corrected chi connectivity index (χ2v) is 8.33. The molecule has 1 aliphatic rings. The second-order valence-electron chi connectivity index (χ2n) is 7.42. The monoisotopic (exact) mass is 496 g/mol. The fourth-order valence-corrected chi connectivity index (χ4v) is 4.02. The smallest absolute Gasteiger partial charge is 0.251 e. The number of halogens is 1. The van der Waals surface area contributed by atoms with Crippen molar-refractivity contribution in [1.29, 1.82) is 0 Å². The van der Waals surface area contributed by atoms with Crippen molar-refractivity contribution in [2.45, 2.75) is 6.42 Å². The summed E-state index contributed by atoms with van der Waals surface area (Å²) in [5.74, 6) is 1.03. The molecule has 4 rings (SSSR count). The normalized spacial score (nSPS) is 14.3. The van der Waals surface area contributed by atoms with Crippen LogP contribution < -0.4 is 10.2 Å². The maximum Gasteiger partial charge on any atom is 0.251 e. The van der Waals surface area contributed by atoms with E-state index in [1.54, 1.807) is 11.1 Å². The highest BCUT2D eigenvalue weighted by Crippen LogP contribution is 2.26. The number of carbonyl (C=O) groups is 1. The lowest BCUT2D eigenvalue weighted by atomic mass is 10.2. The largest absolute Gasteiger partial charge is 0.379 e. The molecular formula is C23H25BrN6O2. The number of carbonyl (C=O) groups excluding carboxylic acids is 1. The number of pyridine rings is 1. The van der Waals surface area contributed by atoms with Crippen LogP contribution in [0.25, 0.3) is 10.9 Å². The summed E-state index contributed by atoms with van der Waals surface area (Å²) in [6.07, 6.45) is 5.36. The number of fused-ring (bicyclic) bond motifs is 1. The van der Waals surface area contributed by atoms with Gasteiger partial charge in [-0.1, -0.05) is 28.6 Å². The number of morpholine rings is 1. The summed E-state index contributed by atoms with van der Waals surface area (Å²) in [4.78, 5) is 29.9. The first-order valence-corrected chi connectivity index (χ1v) is 11.3. The van der Waals surface area contributed by atoms with Gasteiger partial charge in [-0.3, -0.25) is 14.6 Å². The molecule has 0 saturated carbocycles. The Morgan fingerprint density at radius 2 is 2.09 bits per heavy atom. The number of hydrogen-bond donors (Lipinski definition) is 1. The first-order chi connectivity index (χ1) is 15.6. The van der Waals surface area contributed by atoms with Crippen LogP contribution in [0.1, 0.15) is 6.42 Å². The summed E-state index contributed by atoms with van der Waals surface area (Å²) < 4.78 is 6.37. The minimum Gasteiger partial charge on any atom is -0.379 e. The highest BCUT2D eigenvalue weighted by Gasteiger charge is 2.17. The van der Waals surface area contributed by atoms with Crippen molar-refractivity contribution in [2.75, 3.05) is 49.6 Å². The lowest BCUT2D eigenvalue weighted by molar-refractivity contribution is -0.114. The molecule has 0 aliphatic carbocycles. The lowest BCUT2D eigenvalue weighted by Gasteiger charge is -2.28. The summed E-state index contributed by atoms with van der Waals surface area (Å²) in [5, 5.41) is 4.08. The van der Waals surface area contributed by atoms with Gasteiger partial charge in [-0.25, -0.2) is 15.0 Å². The molecule has 1 amide bonds. The van der Waals surface area contributed by atoms with E-state index in [0.29, 0.717) is 23.7 Å². The minimum atomic E-state index is -0.180. The number of benzene rings is 1. The quantitative estimate of drug-likeness (QED) is 0.475. The summed E-state index contributed by atoms with van der Waals surface area (Å²) in [7, 11) is 0. The van der Waals surface area contributed by atoms with Crippen LogP contribution in [0.4, 0.5) is 17.3 Å². The topological polar surface area (TPSA) is 83.5 Å². The Morgan fingerprint density at radius 3 is 2.88 bits per heavy atom. The van der Waals surface area contributed by atoms with Gasteiger partial charge in [0.15, 0.2) is 0 Å². The molecule has 166 valence electrons. The van der Waals surface area contributed by atoms with Gasteiger partial charge >= 0.3 is 0 Å². The number of rotatable bonds is 8. The number of nitrogens with one attached hydrogen (secondary N) is 1. The summed E-state index contributed by atoms with van der Waals surface area (Å²) in [6.45, 7) is 8.48. The minimum absolute atomic E-state index is 0.180. The van der Waals surface area contributed by atoms with Crippen LogP contribution in [0.3, 0.4) is 0 Å². The van der Waals surface area contributed by atoms with Crippen LogP contribution in [-0.4, -0.2) is 65.2 Å². The first kappa shape index (κ1) is 22.3. The third-order valence-corrected chi connectivity index (χ3v) is 5.76. The molecular weight excluding hydrogens is 472 g/mol. The summed E-state index contributed by atoms with van der Waals surface area (Å²) >= 11 is 3.48. The van der Waals surface area contributed by atoms with Crippen LogP contribution in [0, 0.1) is 0 Å². The fourth-order valence-electron chi connectivity index (χ4n) is 3.62. The zero-order chi connectivity index (χ0) is 22.3. The Balaban J connectivity index is 1.53. The number of anilines is 3. The standard InChI is InChI=1S/C23H25BrN6O2/c1-2-22(31)30(8-4-7-29-9-11-32-12-10-29)21-14-20-19(15-25-21)23(27-16-26-20)28-18-6-3-5-17(24)13-18/h2-3,5-6,13-16H,1,4,7-12H2,(H,26,27,28). The van der Waals surface area contributed by atoms with E-state index in [0.717, 1.165) is 54.8 Å². The molecule has 3 heterocycles. The summed E-state index contributed by atoms with van der Waals surface area (Å²) in [5.41, 5.74) is 1.60. The van der Waals surface area contributed by atoms with Crippen LogP contribution in [0.15, 0.2) is 60.0 Å². The third kappa shape index (κ3) is 5.48. The molecule has 1 aromatic carbocycles. The number of ether oxygens (including phenoxy) is 1. The second kappa shape index (κ2) is 10.6. The predicted octanol–water partition coefficient (Wildman–Crippen LogP) is 3.77. The van der Waals surface area contributed by atoms with Crippen LogP contribution in [0.5, 0.6) is 0 Å². The fraction of sp³-hybridized carbons (Fsp3) is 0.304. The van der Waals surface area contributed by atoms with Crippen molar-refractivity contribution in [3.8, 4) is 0 Å². The maximum absolute atomic E-state index is 12.6. The number of nitrogens with zero attached hydrogens (tertiary/aromatic N) is 5. The van der Waals surface area contributed by atoms with E-state index in [4.69, 9.17) is 4.74 Å². The summed E-state index contributed by atoms with van der Waals surface area (Å²) in [6, 6.07) is 9.65. The Morgan fingerprint density at radius 1 is 1.25 bits per heavy atom. The van der Waals surface area contributed by atoms with Crippen molar-refractivity contribution < 1.29 is 9.53 Å². The molecule has 2 aromatic heterocycles. The zero-order valence-electron chi connectivity index (χ0n) is 17.7. The van der Waals surface area contributed by atoms with E-state index < -0.39 is 0 Å². The van der Waals surface area contributed by atoms with Crippen LogP contribution in [-0.2, 0) is 9.53 Å². The van der Waals surface area contributed by atoms with Gasteiger partial charge in [-0.2, -0.15) is 0 Å². The van der Waals surface area contributed by atoms with E-state index in [1.165, 1.54) is 12.4 Å². The molecule has 0 atom stereocenters. The molecule has 9 heteroatoms. The Bertz CT molecular complexity index is 1100. The molecule has 1 saturated heterocycles. The van der Waals surface area contributed by atoms with E-state index in [1.807, 2.05) is 30.3 Å². The molecule has 0 unspecified atom stereocenters. The molecule has 0 spiro atoms. The molecule has 8 nitrogen and oxygen atoms in total. The van der Waals surface area contributed by atoms with E-state index in [2.05, 4.69) is 47.7 Å². The average Bonchev–Trinajstić information content (AvgIpc) is 2.82. The van der Waals surface area contributed by atoms with Gasteiger partial charge in [-0.15, -0.1) is 0 Å². The van der Waals surface area contributed by atoms with Gasteiger partial charge in [0.05, 0.1) is 24.1 Å². The Labute approximate surface area is 195 Å². The molecule has 32 heavy (non-hydrogen) atoms. The van der Waals surface area contributed by atoms with Crippen molar-refractivity contribution in [2.24, 2.45) is 0 Å². The molecule has 1 N–H and O–H groups in total. The highest BCUT2D eigenvalue weighted by molar-refractivity contribution is 9.10. The lowest BCUT2D eigenvalue weighted by Crippen LogP contribution is -2.39. The maximum atomic E-state index is 12.6. The van der Waals surface area contributed by atoms with E-state index >= 15 is 0 Å². The molecule has 0 radical (unpaired) electrons. The SMILES string of the molecule is C=CC(=O)N(CCCN1CCOCC1)c1cc2ncnc(Nc3cccc(Br)c3)c2cn1. The molecule has 1 fully saturated rings. The van der Waals surface area contributed by atoms with Gasteiger partial charge in [0.1, 0.15) is 18.0 Å². The van der Waals surface area contributed by atoms with Crippen molar-refractivity contribution in [3.05, 3.63) is 60.0 Å². The van der Waals surface area contributed by atoms with Gasteiger partial charge in [0, 0.05) is 48.6 Å². The zero-order valence-corrected chi connectivity index (χ0v) is 19.3. The van der Waals surface area contributed by atoms with Crippen molar-refractivity contribution in [1.82, 2.24) is 19.9 Å². The Kier molecular flexibility index (Phi) is 7.41. The third-order valence-electron chi connectivity index (χ3n) is 5.27. The Hall–Kier alpha value is -2.88. The molecule has 3 aromatic rings. The van der Waals surface area contributed by atoms with Gasteiger partial charge in [0.2, 0.25) is 0 Å². The predicted molar refractivity (Wildman–Crippen MR) is 129 cm³/mol. The van der Waals surface area contributed by atoms with Crippen LogP contribution >= 0.6 is 15.9 Å².